The molecule has 0 heterocycles. The monoisotopic (exact) mass is 397 g/mol. The summed E-state index contributed by atoms with van der Waals surface area (Å²) in [5, 5.41) is 4.27. The largest absolute Gasteiger partial charge is 0.313 e. The number of rotatable bonds is 4. The van der Waals surface area contributed by atoms with Crippen molar-refractivity contribution in [1.82, 2.24) is 5.32 Å². The van der Waals surface area contributed by atoms with Gasteiger partial charge < -0.3 is 5.32 Å². The highest BCUT2D eigenvalue weighted by Gasteiger charge is 2.28. The number of benzene rings is 2. The molecule has 3 rings (SSSR count). The average Bonchev–Trinajstić information content (AvgIpc) is 2.43. The van der Waals surface area contributed by atoms with Gasteiger partial charge in [-0.25, -0.2) is 0 Å². The lowest BCUT2D eigenvalue weighted by molar-refractivity contribution is 0.451. The Morgan fingerprint density at radius 1 is 1.30 bits per heavy atom. The van der Waals surface area contributed by atoms with Crippen molar-refractivity contribution in [2.45, 2.75) is 24.8 Å². The third-order valence-corrected chi connectivity index (χ3v) is 5.38. The van der Waals surface area contributed by atoms with Crippen LogP contribution in [0.15, 0.2) is 42.5 Å². The summed E-state index contributed by atoms with van der Waals surface area (Å²) in [5.74, 6) is 0.665. The van der Waals surface area contributed by atoms with Crippen LogP contribution in [-0.4, -0.2) is 7.05 Å². The van der Waals surface area contributed by atoms with Gasteiger partial charge in [0.2, 0.25) is 0 Å². The van der Waals surface area contributed by atoms with Gasteiger partial charge in [0, 0.05) is 14.6 Å². The molecule has 1 N–H and O–H groups in total. The highest BCUT2D eigenvalue weighted by atomic mass is 127. The van der Waals surface area contributed by atoms with Crippen molar-refractivity contribution in [3.63, 3.8) is 0 Å². The second-order valence-electron chi connectivity index (χ2n) is 5.34. The molecule has 0 bridgehead atoms. The van der Waals surface area contributed by atoms with Gasteiger partial charge in [0.15, 0.2) is 0 Å². The molecule has 0 aromatic heterocycles. The van der Waals surface area contributed by atoms with E-state index < -0.39 is 0 Å². The summed E-state index contributed by atoms with van der Waals surface area (Å²) in [4.78, 5) is 0. The molecule has 20 heavy (non-hydrogen) atoms. The van der Waals surface area contributed by atoms with E-state index in [4.69, 9.17) is 11.6 Å². The lowest BCUT2D eigenvalue weighted by Crippen LogP contribution is -2.25. The van der Waals surface area contributed by atoms with Crippen molar-refractivity contribution < 1.29 is 0 Å². The van der Waals surface area contributed by atoms with E-state index in [2.05, 4.69) is 64.3 Å². The number of hydrogen-bond donors (Lipinski definition) is 1. The maximum atomic E-state index is 6.15. The summed E-state index contributed by atoms with van der Waals surface area (Å²) in [5.41, 5.74) is 4.34. The van der Waals surface area contributed by atoms with Gasteiger partial charge in [0.05, 0.1) is 0 Å². The SMILES string of the molecule is CNC(CC1Cc2ccccc21)c1cc(Cl)ccc1I. The van der Waals surface area contributed by atoms with Crippen LogP contribution in [0.5, 0.6) is 0 Å². The van der Waals surface area contributed by atoms with Crippen LogP contribution in [0, 0.1) is 3.57 Å². The Hall–Kier alpha value is -0.580. The van der Waals surface area contributed by atoms with Crippen molar-refractivity contribution >= 4 is 34.2 Å². The van der Waals surface area contributed by atoms with Crippen LogP contribution in [0.25, 0.3) is 0 Å². The highest BCUT2D eigenvalue weighted by Crippen LogP contribution is 2.41. The van der Waals surface area contributed by atoms with E-state index in [9.17, 15) is 0 Å². The Balaban J connectivity index is 1.80. The molecule has 2 aromatic rings. The molecular weight excluding hydrogens is 381 g/mol. The van der Waals surface area contributed by atoms with Crippen LogP contribution >= 0.6 is 34.2 Å². The summed E-state index contributed by atoms with van der Waals surface area (Å²) < 4.78 is 1.28. The van der Waals surface area contributed by atoms with Crippen molar-refractivity contribution in [3.05, 3.63) is 67.7 Å². The molecule has 0 radical (unpaired) electrons. The van der Waals surface area contributed by atoms with Crippen LogP contribution in [-0.2, 0) is 6.42 Å². The Morgan fingerprint density at radius 2 is 2.10 bits per heavy atom. The molecule has 0 spiro atoms. The first-order valence-electron chi connectivity index (χ1n) is 6.89. The van der Waals surface area contributed by atoms with Crippen LogP contribution in [0.3, 0.4) is 0 Å². The molecule has 1 aliphatic rings. The predicted molar refractivity (Wildman–Crippen MR) is 93.5 cm³/mol. The first-order chi connectivity index (χ1) is 9.69. The molecule has 104 valence electrons. The van der Waals surface area contributed by atoms with Crippen molar-refractivity contribution in [1.29, 1.82) is 0 Å². The fourth-order valence-electron chi connectivity index (χ4n) is 3.04. The van der Waals surface area contributed by atoms with Crippen molar-refractivity contribution in [2.24, 2.45) is 0 Å². The molecule has 1 aliphatic carbocycles. The first kappa shape index (κ1) is 14.4. The molecule has 0 amide bonds. The molecule has 3 heteroatoms. The van der Waals surface area contributed by atoms with Crippen molar-refractivity contribution in [2.75, 3.05) is 7.05 Å². The normalized spacial score (nSPS) is 18.2. The first-order valence-corrected chi connectivity index (χ1v) is 8.34. The Labute approximate surface area is 138 Å². The molecule has 0 fully saturated rings. The van der Waals surface area contributed by atoms with Gasteiger partial charge in [-0.05, 0) is 83.3 Å². The minimum Gasteiger partial charge on any atom is -0.313 e. The summed E-state index contributed by atoms with van der Waals surface area (Å²) in [6.07, 6.45) is 2.33. The number of hydrogen-bond acceptors (Lipinski definition) is 1. The minimum atomic E-state index is 0.360. The van der Waals surface area contributed by atoms with Crippen LogP contribution in [0.4, 0.5) is 0 Å². The predicted octanol–water partition coefficient (Wildman–Crippen LogP) is 4.94. The number of fused-ring (bicyclic) bond motifs is 1. The number of halogens is 2. The molecule has 1 nitrogen and oxygen atoms in total. The van der Waals surface area contributed by atoms with Crippen LogP contribution in [0.1, 0.15) is 35.1 Å². The quantitative estimate of drug-likeness (QED) is 0.721. The van der Waals surface area contributed by atoms with E-state index in [1.807, 2.05) is 13.1 Å². The molecule has 0 saturated carbocycles. The Bertz CT molecular complexity index is 626. The fraction of sp³-hybridized carbons (Fsp3) is 0.294. The second kappa shape index (κ2) is 6.04. The van der Waals surface area contributed by atoms with E-state index in [1.165, 1.54) is 26.7 Å². The van der Waals surface area contributed by atoms with Gasteiger partial charge in [-0.2, -0.15) is 0 Å². The molecule has 2 unspecified atom stereocenters. The molecule has 0 saturated heterocycles. The van der Waals surface area contributed by atoms with E-state index >= 15 is 0 Å². The zero-order valence-corrected chi connectivity index (χ0v) is 14.3. The van der Waals surface area contributed by atoms with Gasteiger partial charge in [0.25, 0.3) is 0 Å². The molecule has 0 aliphatic heterocycles. The minimum absolute atomic E-state index is 0.360. The van der Waals surface area contributed by atoms with Crippen LogP contribution < -0.4 is 5.32 Å². The summed E-state index contributed by atoms with van der Waals surface area (Å²) in [6, 6.07) is 15.3. The Morgan fingerprint density at radius 3 is 2.85 bits per heavy atom. The fourth-order valence-corrected chi connectivity index (χ4v) is 3.93. The zero-order chi connectivity index (χ0) is 14.1. The molecule has 2 atom stereocenters. The third kappa shape index (κ3) is 2.74. The third-order valence-electron chi connectivity index (χ3n) is 4.16. The van der Waals surface area contributed by atoms with Gasteiger partial charge >= 0.3 is 0 Å². The highest BCUT2D eigenvalue weighted by molar-refractivity contribution is 14.1. The summed E-state index contributed by atoms with van der Waals surface area (Å²) in [7, 11) is 2.03. The zero-order valence-electron chi connectivity index (χ0n) is 11.4. The lowest BCUT2D eigenvalue weighted by Gasteiger charge is -2.33. The van der Waals surface area contributed by atoms with Gasteiger partial charge in [0.1, 0.15) is 0 Å². The van der Waals surface area contributed by atoms with E-state index in [1.54, 1.807) is 0 Å². The van der Waals surface area contributed by atoms with E-state index in [0.717, 1.165) is 11.4 Å². The van der Waals surface area contributed by atoms with Gasteiger partial charge in [-0.3, -0.25) is 0 Å². The molecular formula is C17H17ClIN. The van der Waals surface area contributed by atoms with Crippen molar-refractivity contribution in [3.8, 4) is 0 Å². The van der Waals surface area contributed by atoms with Gasteiger partial charge in [-0.1, -0.05) is 35.9 Å². The number of nitrogens with one attached hydrogen (secondary N) is 1. The maximum Gasteiger partial charge on any atom is 0.0410 e. The van der Waals surface area contributed by atoms with Crippen LogP contribution in [0.2, 0.25) is 5.02 Å². The molecule has 2 aromatic carbocycles. The second-order valence-corrected chi connectivity index (χ2v) is 6.94. The van der Waals surface area contributed by atoms with Gasteiger partial charge in [-0.15, -0.1) is 0 Å². The standard InChI is InChI=1S/C17H17ClIN/c1-20-17(15-10-13(18)6-7-16(15)19)9-12-8-11-4-2-3-5-14(11)12/h2-7,10,12,17,20H,8-9H2,1H3. The summed E-state index contributed by atoms with van der Waals surface area (Å²) in [6.45, 7) is 0. The van der Waals surface area contributed by atoms with E-state index in [0.29, 0.717) is 12.0 Å². The topological polar surface area (TPSA) is 12.0 Å². The maximum absolute atomic E-state index is 6.15. The summed E-state index contributed by atoms with van der Waals surface area (Å²) >= 11 is 8.55. The smallest absolute Gasteiger partial charge is 0.0410 e. The van der Waals surface area contributed by atoms with E-state index in [-0.39, 0.29) is 0 Å². The lowest BCUT2D eigenvalue weighted by atomic mass is 9.74. The average molecular weight is 398 g/mol. The Kier molecular flexibility index (Phi) is 4.34.